The number of nitrogens with zero attached hydrogens (tertiary/aromatic N) is 2. The molecule has 0 saturated carbocycles. The van der Waals surface area contributed by atoms with Crippen molar-refractivity contribution in [3.8, 4) is 17.2 Å². The number of benzene rings is 1. The highest BCUT2D eigenvalue weighted by Crippen LogP contribution is 2.42. The third-order valence-electron chi connectivity index (χ3n) is 3.69. The van der Waals surface area contributed by atoms with Crippen LogP contribution < -0.4 is 14.2 Å². The fourth-order valence-electron chi connectivity index (χ4n) is 2.56. The molecular weight excluding hydrogens is 344 g/mol. The second kappa shape index (κ2) is 7.02. The smallest absolute Gasteiger partial charge is 0.245 e. The Kier molecular flexibility index (Phi) is 4.80. The summed E-state index contributed by atoms with van der Waals surface area (Å²) in [7, 11) is 4.60. The molecule has 1 atom stereocenters. The topological polar surface area (TPSA) is 69.6 Å². The molecule has 0 bridgehead atoms. The molecule has 132 valence electrons. The van der Waals surface area contributed by atoms with Crippen LogP contribution in [0.15, 0.2) is 34.7 Å². The van der Waals surface area contributed by atoms with Gasteiger partial charge in [0.2, 0.25) is 23.8 Å². The first kappa shape index (κ1) is 17.1. The van der Waals surface area contributed by atoms with E-state index in [0.717, 1.165) is 4.88 Å². The Morgan fingerprint density at radius 2 is 1.92 bits per heavy atom. The number of hydrazone groups is 1. The van der Waals surface area contributed by atoms with Gasteiger partial charge in [-0.1, -0.05) is 6.07 Å². The lowest BCUT2D eigenvalue weighted by atomic mass is 10.1. The van der Waals surface area contributed by atoms with Gasteiger partial charge in [-0.05, 0) is 23.6 Å². The van der Waals surface area contributed by atoms with Gasteiger partial charge in [-0.25, -0.2) is 0 Å². The van der Waals surface area contributed by atoms with Crippen LogP contribution in [-0.2, 0) is 9.53 Å². The SMILES string of the molecule is COc1ccc(C2=NN(C(C)=O)[C@@H](c3cccs3)O2)c(OC)c1OC. The zero-order valence-electron chi connectivity index (χ0n) is 14.3. The Morgan fingerprint density at radius 1 is 1.16 bits per heavy atom. The highest BCUT2D eigenvalue weighted by Gasteiger charge is 2.35. The molecular formula is C17H18N2O5S. The Hall–Kier alpha value is -2.74. The van der Waals surface area contributed by atoms with Crippen LogP contribution in [0, 0.1) is 0 Å². The quantitative estimate of drug-likeness (QED) is 0.818. The van der Waals surface area contributed by atoms with E-state index in [0.29, 0.717) is 22.8 Å². The van der Waals surface area contributed by atoms with Crippen molar-refractivity contribution in [3.63, 3.8) is 0 Å². The predicted molar refractivity (Wildman–Crippen MR) is 93.3 cm³/mol. The van der Waals surface area contributed by atoms with Gasteiger partial charge < -0.3 is 18.9 Å². The molecule has 0 N–H and O–H groups in total. The molecule has 2 heterocycles. The second-order valence-electron chi connectivity index (χ2n) is 5.14. The van der Waals surface area contributed by atoms with E-state index < -0.39 is 6.23 Å². The van der Waals surface area contributed by atoms with Crippen LogP contribution in [0.3, 0.4) is 0 Å². The molecule has 0 unspecified atom stereocenters. The minimum atomic E-state index is -0.592. The van der Waals surface area contributed by atoms with E-state index in [9.17, 15) is 4.79 Å². The number of carbonyl (C=O) groups is 1. The van der Waals surface area contributed by atoms with Crippen molar-refractivity contribution in [2.75, 3.05) is 21.3 Å². The van der Waals surface area contributed by atoms with E-state index in [1.54, 1.807) is 19.2 Å². The third kappa shape index (κ3) is 3.00. The summed E-state index contributed by atoms with van der Waals surface area (Å²) in [4.78, 5) is 12.9. The van der Waals surface area contributed by atoms with E-state index >= 15 is 0 Å². The molecule has 2 aromatic rings. The predicted octanol–water partition coefficient (Wildman–Crippen LogP) is 3.01. The summed E-state index contributed by atoms with van der Waals surface area (Å²) in [6.45, 7) is 1.45. The average molecular weight is 362 g/mol. The highest BCUT2D eigenvalue weighted by molar-refractivity contribution is 7.10. The Labute approximate surface area is 149 Å². The minimum Gasteiger partial charge on any atom is -0.493 e. The molecule has 1 aliphatic heterocycles. The molecule has 3 rings (SSSR count). The number of thiophene rings is 1. The average Bonchev–Trinajstić information content (AvgIpc) is 3.29. The number of hydrogen-bond donors (Lipinski definition) is 0. The van der Waals surface area contributed by atoms with Crippen molar-refractivity contribution in [2.24, 2.45) is 5.10 Å². The van der Waals surface area contributed by atoms with Crippen LogP contribution in [0.25, 0.3) is 0 Å². The number of ether oxygens (including phenoxy) is 4. The van der Waals surface area contributed by atoms with E-state index in [-0.39, 0.29) is 11.8 Å². The van der Waals surface area contributed by atoms with Crippen LogP contribution in [0.5, 0.6) is 17.2 Å². The Bertz CT molecular complexity index is 804. The van der Waals surface area contributed by atoms with Crippen molar-refractivity contribution >= 4 is 23.1 Å². The van der Waals surface area contributed by atoms with Crippen molar-refractivity contribution in [2.45, 2.75) is 13.2 Å². The summed E-state index contributed by atoms with van der Waals surface area (Å²) < 4.78 is 22.1. The maximum atomic E-state index is 12.0. The van der Waals surface area contributed by atoms with E-state index in [2.05, 4.69) is 5.10 Å². The van der Waals surface area contributed by atoms with Crippen LogP contribution in [-0.4, -0.2) is 38.1 Å². The maximum absolute atomic E-state index is 12.0. The minimum absolute atomic E-state index is 0.215. The number of hydrogen-bond acceptors (Lipinski definition) is 7. The third-order valence-corrected chi connectivity index (χ3v) is 4.59. The first-order valence-electron chi connectivity index (χ1n) is 7.48. The van der Waals surface area contributed by atoms with Crippen molar-refractivity contribution in [1.29, 1.82) is 0 Å². The molecule has 25 heavy (non-hydrogen) atoms. The molecule has 0 saturated heterocycles. The summed E-state index contributed by atoms with van der Waals surface area (Å²) in [5.74, 6) is 1.46. The van der Waals surface area contributed by atoms with E-state index in [1.807, 2.05) is 17.5 Å². The highest BCUT2D eigenvalue weighted by atomic mass is 32.1. The number of carbonyl (C=O) groups excluding carboxylic acids is 1. The summed E-state index contributed by atoms with van der Waals surface area (Å²) in [6.07, 6.45) is -0.592. The zero-order chi connectivity index (χ0) is 18.0. The summed E-state index contributed by atoms with van der Waals surface area (Å²) in [5.41, 5.74) is 0.574. The first-order chi connectivity index (χ1) is 12.1. The fourth-order valence-corrected chi connectivity index (χ4v) is 3.30. The van der Waals surface area contributed by atoms with Crippen molar-refractivity contribution in [3.05, 3.63) is 40.1 Å². The number of amides is 1. The molecule has 0 aliphatic carbocycles. The van der Waals surface area contributed by atoms with Gasteiger partial charge in [-0.2, -0.15) is 5.01 Å². The van der Waals surface area contributed by atoms with Gasteiger partial charge in [-0.15, -0.1) is 16.4 Å². The lowest BCUT2D eigenvalue weighted by molar-refractivity contribution is -0.135. The standard InChI is InChI=1S/C17H18N2O5S/c1-10(20)19-17(13-6-5-9-25-13)24-16(18-19)11-7-8-12(21-2)15(23-4)14(11)22-3/h5-9,17H,1-4H3/t17-/m1/s1. The molecule has 0 radical (unpaired) electrons. The molecule has 1 aromatic heterocycles. The molecule has 0 fully saturated rings. The van der Waals surface area contributed by atoms with Gasteiger partial charge >= 0.3 is 0 Å². The Morgan fingerprint density at radius 3 is 2.48 bits per heavy atom. The maximum Gasteiger partial charge on any atom is 0.245 e. The second-order valence-corrected chi connectivity index (χ2v) is 6.12. The molecule has 0 spiro atoms. The fraction of sp³-hybridized carbons (Fsp3) is 0.294. The molecule has 1 aliphatic rings. The van der Waals surface area contributed by atoms with E-state index in [4.69, 9.17) is 18.9 Å². The van der Waals surface area contributed by atoms with Gasteiger partial charge in [0.05, 0.1) is 31.8 Å². The van der Waals surface area contributed by atoms with Gasteiger partial charge in [0.1, 0.15) is 0 Å². The van der Waals surface area contributed by atoms with Gasteiger partial charge in [-0.3, -0.25) is 4.79 Å². The van der Waals surface area contributed by atoms with Crippen molar-refractivity contribution < 1.29 is 23.7 Å². The normalized spacial score (nSPS) is 16.2. The number of rotatable bonds is 5. The molecule has 1 amide bonds. The van der Waals surface area contributed by atoms with Crippen LogP contribution in [0.1, 0.15) is 23.6 Å². The largest absolute Gasteiger partial charge is 0.493 e. The van der Waals surface area contributed by atoms with Crippen LogP contribution >= 0.6 is 11.3 Å². The number of methoxy groups -OCH3 is 3. The molecule has 1 aromatic carbocycles. The van der Waals surface area contributed by atoms with Gasteiger partial charge in [0, 0.05) is 6.92 Å². The molecule has 8 heteroatoms. The van der Waals surface area contributed by atoms with Crippen LogP contribution in [0.4, 0.5) is 0 Å². The summed E-state index contributed by atoms with van der Waals surface area (Å²) in [5, 5.41) is 7.58. The first-order valence-corrected chi connectivity index (χ1v) is 8.36. The lowest BCUT2D eigenvalue weighted by Crippen LogP contribution is -2.24. The monoisotopic (exact) mass is 362 g/mol. The van der Waals surface area contributed by atoms with Crippen LogP contribution in [0.2, 0.25) is 0 Å². The summed E-state index contributed by atoms with van der Waals surface area (Å²) >= 11 is 1.49. The summed E-state index contributed by atoms with van der Waals surface area (Å²) in [6, 6.07) is 7.29. The van der Waals surface area contributed by atoms with E-state index in [1.165, 1.54) is 37.5 Å². The van der Waals surface area contributed by atoms with Gasteiger partial charge in [0.15, 0.2) is 11.5 Å². The van der Waals surface area contributed by atoms with Crippen molar-refractivity contribution in [1.82, 2.24) is 5.01 Å². The van der Waals surface area contributed by atoms with Gasteiger partial charge in [0.25, 0.3) is 0 Å². The Balaban J connectivity index is 2.05. The zero-order valence-corrected chi connectivity index (χ0v) is 15.1. The molecule has 7 nitrogen and oxygen atoms in total. The lowest BCUT2D eigenvalue weighted by Gasteiger charge is -2.18.